The second-order valence-corrected chi connectivity index (χ2v) is 5.76. The zero-order valence-electron chi connectivity index (χ0n) is 10.5. The van der Waals surface area contributed by atoms with Crippen LogP contribution in [0.25, 0.3) is 0 Å². The Morgan fingerprint density at radius 1 is 1.05 bits per heavy atom. The number of nitrogens with zero attached hydrogens (tertiary/aromatic N) is 1. The van der Waals surface area contributed by atoms with E-state index >= 15 is 0 Å². The number of anilines is 1. The molecule has 0 amide bonds. The lowest BCUT2D eigenvalue weighted by molar-refractivity contribution is 0.917. The molecule has 0 saturated carbocycles. The smallest absolute Gasteiger partial charge is 0.0467 e. The fourth-order valence-corrected chi connectivity index (χ4v) is 3.10. The van der Waals surface area contributed by atoms with Gasteiger partial charge in [0.2, 0.25) is 0 Å². The first-order valence-corrected chi connectivity index (χ1v) is 7.78. The van der Waals surface area contributed by atoms with E-state index in [-0.39, 0.29) is 0 Å². The molecule has 2 rings (SSSR count). The molecule has 0 aliphatic rings. The van der Waals surface area contributed by atoms with E-state index in [9.17, 15) is 0 Å². The highest BCUT2D eigenvalue weighted by Crippen LogP contribution is 2.29. The summed E-state index contributed by atoms with van der Waals surface area (Å²) in [6, 6.07) is 13.9. The summed E-state index contributed by atoms with van der Waals surface area (Å²) >= 11 is 15.6. The number of alkyl halides is 1. The maximum absolute atomic E-state index is 6.22. The Balaban J connectivity index is 2.22. The number of halogens is 3. The van der Waals surface area contributed by atoms with Crippen LogP contribution in [0.5, 0.6) is 0 Å². The average Bonchev–Trinajstić information content (AvgIpc) is 2.41. The molecule has 0 aliphatic heterocycles. The summed E-state index contributed by atoms with van der Waals surface area (Å²) in [4.78, 5) is 2.19. The van der Waals surface area contributed by atoms with Gasteiger partial charge in [0.15, 0.2) is 0 Å². The molecule has 0 aliphatic carbocycles. The largest absolute Gasteiger partial charge is 0.370 e. The van der Waals surface area contributed by atoms with E-state index in [4.69, 9.17) is 23.2 Å². The Labute approximate surface area is 132 Å². The maximum Gasteiger partial charge on any atom is 0.0467 e. The zero-order chi connectivity index (χ0) is 13.8. The van der Waals surface area contributed by atoms with Crippen molar-refractivity contribution < 1.29 is 0 Å². The molecule has 0 radical (unpaired) electrons. The van der Waals surface area contributed by atoms with E-state index in [2.05, 4.69) is 33.9 Å². The molecule has 19 heavy (non-hydrogen) atoms. The fourth-order valence-electron chi connectivity index (χ4n) is 1.99. The molecule has 0 fully saturated rings. The minimum Gasteiger partial charge on any atom is -0.370 e. The summed E-state index contributed by atoms with van der Waals surface area (Å²) in [5.41, 5.74) is 3.47. The van der Waals surface area contributed by atoms with Gasteiger partial charge in [-0.2, -0.15) is 0 Å². The van der Waals surface area contributed by atoms with Gasteiger partial charge in [-0.15, -0.1) is 0 Å². The SMILES string of the molecule is CN(Cc1ccc(Cl)cc1)c1cccc(Cl)c1CBr. The summed E-state index contributed by atoms with van der Waals surface area (Å²) in [6.07, 6.45) is 0. The topological polar surface area (TPSA) is 3.24 Å². The predicted molar refractivity (Wildman–Crippen MR) is 87.6 cm³/mol. The second-order valence-electron chi connectivity index (χ2n) is 4.35. The van der Waals surface area contributed by atoms with Crippen LogP contribution in [0.2, 0.25) is 10.0 Å². The van der Waals surface area contributed by atoms with Crippen LogP contribution in [0.4, 0.5) is 5.69 Å². The number of rotatable bonds is 4. The molecular weight excluding hydrogens is 345 g/mol. The monoisotopic (exact) mass is 357 g/mol. The normalized spacial score (nSPS) is 10.5. The summed E-state index contributed by atoms with van der Waals surface area (Å²) in [5.74, 6) is 0. The van der Waals surface area contributed by atoms with Crippen molar-refractivity contribution in [3.8, 4) is 0 Å². The van der Waals surface area contributed by atoms with Crippen LogP contribution in [0.3, 0.4) is 0 Å². The third-order valence-corrected chi connectivity index (χ3v) is 4.14. The summed E-state index contributed by atoms with van der Waals surface area (Å²) in [6.45, 7) is 0.817. The third-order valence-electron chi connectivity index (χ3n) is 2.97. The molecule has 2 aromatic rings. The Bertz CT molecular complexity index is 555. The lowest BCUT2D eigenvalue weighted by Gasteiger charge is -2.22. The van der Waals surface area contributed by atoms with E-state index in [1.54, 1.807) is 0 Å². The van der Waals surface area contributed by atoms with Crippen LogP contribution in [0, 0.1) is 0 Å². The Hall–Kier alpha value is -0.700. The highest BCUT2D eigenvalue weighted by molar-refractivity contribution is 9.08. The van der Waals surface area contributed by atoms with Crippen LogP contribution in [0.1, 0.15) is 11.1 Å². The van der Waals surface area contributed by atoms with Crippen molar-refractivity contribution >= 4 is 44.8 Å². The Morgan fingerprint density at radius 2 is 1.74 bits per heavy atom. The van der Waals surface area contributed by atoms with Gasteiger partial charge in [0.1, 0.15) is 0 Å². The predicted octanol–water partition coefficient (Wildman–Crippen LogP) is 5.52. The molecule has 0 atom stereocenters. The number of hydrogen-bond acceptors (Lipinski definition) is 1. The molecule has 0 heterocycles. The van der Waals surface area contributed by atoms with Crippen LogP contribution in [-0.2, 0) is 11.9 Å². The van der Waals surface area contributed by atoms with Gasteiger partial charge in [-0.25, -0.2) is 0 Å². The summed E-state index contributed by atoms with van der Waals surface area (Å²) < 4.78 is 0. The minimum absolute atomic E-state index is 0.743. The first kappa shape index (κ1) is 14.7. The van der Waals surface area contributed by atoms with Crippen LogP contribution < -0.4 is 4.90 Å². The van der Waals surface area contributed by atoms with Crippen molar-refractivity contribution in [2.75, 3.05) is 11.9 Å². The summed E-state index contributed by atoms with van der Waals surface area (Å²) in [7, 11) is 2.06. The van der Waals surface area contributed by atoms with Crippen LogP contribution in [0.15, 0.2) is 42.5 Å². The minimum atomic E-state index is 0.743. The molecule has 1 nitrogen and oxygen atoms in total. The van der Waals surface area contributed by atoms with Crippen molar-refractivity contribution in [1.82, 2.24) is 0 Å². The van der Waals surface area contributed by atoms with Gasteiger partial charge in [-0.1, -0.05) is 57.3 Å². The van der Waals surface area contributed by atoms with Crippen molar-refractivity contribution in [2.45, 2.75) is 11.9 Å². The van der Waals surface area contributed by atoms with Crippen molar-refractivity contribution in [1.29, 1.82) is 0 Å². The molecule has 100 valence electrons. The highest BCUT2D eigenvalue weighted by Gasteiger charge is 2.10. The molecule has 0 aromatic heterocycles. The van der Waals surface area contributed by atoms with E-state index in [0.29, 0.717) is 0 Å². The molecule has 0 unspecified atom stereocenters. The fraction of sp³-hybridized carbons (Fsp3) is 0.200. The number of hydrogen-bond donors (Lipinski definition) is 0. The van der Waals surface area contributed by atoms with Crippen molar-refractivity contribution in [2.24, 2.45) is 0 Å². The molecule has 2 aromatic carbocycles. The Kier molecular flexibility index (Phi) is 5.14. The Morgan fingerprint density at radius 3 is 2.37 bits per heavy atom. The number of benzene rings is 2. The lowest BCUT2D eigenvalue weighted by atomic mass is 10.1. The molecular formula is C15H14BrCl2N. The molecule has 0 N–H and O–H groups in total. The molecule has 0 saturated heterocycles. The first-order valence-electron chi connectivity index (χ1n) is 5.90. The van der Waals surface area contributed by atoms with Crippen LogP contribution in [-0.4, -0.2) is 7.05 Å². The van der Waals surface area contributed by atoms with Gasteiger partial charge in [-0.05, 0) is 29.8 Å². The molecule has 0 bridgehead atoms. The lowest BCUT2D eigenvalue weighted by Crippen LogP contribution is -2.17. The highest BCUT2D eigenvalue weighted by atomic mass is 79.9. The van der Waals surface area contributed by atoms with Gasteiger partial charge in [0.05, 0.1) is 0 Å². The van der Waals surface area contributed by atoms with E-state index in [0.717, 1.165) is 33.2 Å². The van der Waals surface area contributed by atoms with Gasteiger partial charge < -0.3 is 4.90 Å². The first-order chi connectivity index (χ1) is 9.11. The maximum atomic E-state index is 6.22. The second kappa shape index (κ2) is 6.65. The average molecular weight is 359 g/mol. The standard InChI is InChI=1S/C15H14BrCl2N/c1-19(10-11-5-7-12(17)8-6-11)15-4-2-3-14(18)13(15)9-16/h2-8H,9-10H2,1H3. The quantitative estimate of drug-likeness (QED) is 0.650. The molecule has 4 heteroatoms. The van der Waals surface area contributed by atoms with Gasteiger partial charge >= 0.3 is 0 Å². The van der Waals surface area contributed by atoms with Crippen molar-refractivity contribution in [3.05, 3.63) is 63.6 Å². The van der Waals surface area contributed by atoms with E-state index in [1.165, 1.54) is 5.56 Å². The molecule has 0 spiro atoms. The van der Waals surface area contributed by atoms with E-state index < -0.39 is 0 Å². The van der Waals surface area contributed by atoms with Crippen LogP contribution >= 0.6 is 39.1 Å². The van der Waals surface area contributed by atoms with Crippen molar-refractivity contribution in [3.63, 3.8) is 0 Å². The van der Waals surface area contributed by atoms with Gasteiger partial charge in [-0.3, -0.25) is 0 Å². The summed E-state index contributed by atoms with van der Waals surface area (Å²) in [5, 5.41) is 2.29. The van der Waals surface area contributed by atoms with Gasteiger partial charge in [0, 0.05) is 40.2 Å². The van der Waals surface area contributed by atoms with E-state index in [1.807, 2.05) is 36.4 Å². The third kappa shape index (κ3) is 3.65. The van der Waals surface area contributed by atoms with Gasteiger partial charge in [0.25, 0.3) is 0 Å². The zero-order valence-corrected chi connectivity index (χ0v) is 13.6.